The van der Waals surface area contributed by atoms with Crippen LogP contribution < -0.4 is 15.0 Å². The quantitative estimate of drug-likeness (QED) is 0.829. The van der Waals surface area contributed by atoms with Crippen LogP contribution in [0.25, 0.3) is 0 Å². The van der Waals surface area contributed by atoms with Crippen molar-refractivity contribution in [1.29, 1.82) is 0 Å². The van der Waals surface area contributed by atoms with Crippen molar-refractivity contribution in [2.24, 2.45) is 0 Å². The second kappa shape index (κ2) is 7.12. The Hall–Kier alpha value is -1.22. The van der Waals surface area contributed by atoms with E-state index in [4.69, 9.17) is 4.74 Å². The smallest absolute Gasteiger partial charge is 0.142 e. The number of methoxy groups -OCH3 is 1. The third-order valence-electron chi connectivity index (χ3n) is 2.54. The molecule has 0 atom stereocenters. The van der Waals surface area contributed by atoms with Crippen LogP contribution in [0.1, 0.15) is 13.8 Å². The van der Waals surface area contributed by atoms with Crippen LogP contribution >= 0.6 is 0 Å². The number of rotatable bonds is 2. The zero-order valence-electron chi connectivity index (χ0n) is 10.5. The van der Waals surface area contributed by atoms with E-state index in [1.807, 2.05) is 26.0 Å². The van der Waals surface area contributed by atoms with Gasteiger partial charge in [0, 0.05) is 26.2 Å². The lowest BCUT2D eigenvalue weighted by atomic mass is 10.2. The number of ether oxygens (including phenoxy) is 1. The third kappa shape index (κ3) is 3.14. The van der Waals surface area contributed by atoms with Crippen LogP contribution in [0.4, 0.5) is 5.69 Å². The zero-order chi connectivity index (χ0) is 11.8. The molecule has 0 amide bonds. The first kappa shape index (κ1) is 12.8. The first-order valence-corrected chi connectivity index (χ1v) is 6.00. The Morgan fingerprint density at radius 2 is 1.75 bits per heavy atom. The molecule has 3 heteroatoms. The minimum atomic E-state index is 0.967. The predicted molar refractivity (Wildman–Crippen MR) is 69.4 cm³/mol. The Morgan fingerprint density at radius 3 is 2.38 bits per heavy atom. The van der Waals surface area contributed by atoms with E-state index < -0.39 is 0 Å². The topological polar surface area (TPSA) is 24.5 Å². The number of anilines is 1. The molecule has 2 rings (SSSR count). The Morgan fingerprint density at radius 1 is 1.12 bits per heavy atom. The summed E-state index contributed by atoms with van der Waals surface area (Å²) in [5.74, 6) is 0.967. The van der Waals surface area contributed by atoms with Gasteiger partial charge >= 0.3 is 0 Å². The fourth-order valence-electron chi connectivity index (χ4n) is 1.80. The average Bonchev–Trinajstić information content (AvgIpc) is 2.42. The van der Waals surface area contributed by atoms with E-state index in [9.17, 15) is 0 Å². The molecule has 0 saturated carbocycles. The van der Waals surface area contributed by atoms with E-state index in [-0.39, 0.29) is 0 Å². The molecule has 1 fully saturated rings. The molecule has 3 nitrogen and oxygen atoms in total. The minimum absolute atomic E-state index is 0.967. The fourth-order valence-corrected chi connectivity index (χ4v) is 1.80. The van der Waals surface area contributed by atoms with Gasteiger partial charge in [-0.25, -0.2) is 0 Å². The van der Waals surface area contributed by atoms with Gasteiger partial charge in [0.05, 0.1) is 12.8 Å². The van der Waals surface area contributed by atoms with E-state index in [1.54, 1.807) is 7.11 Å². The summed E-state index contributed by atoms with van der Waals surface area (Å²) in [7, 11) is 1.72. The van der Waals surface area contributed by atoms with Gasteiger partial charge in [0.2, 0.25) is 0 Å². The number of nitrogens with one attached hydrogen (secondary N) is 1. The normalized spacial score (nSPS) is 15.1. The number of nitrogens with zero attached hydrogens (tertiary/aromatic N) is 1. The SMILES string of the molecule is CC.COc1ccccc1N1CCNCC1. The van der Waals surface area contributed by atoms with Crippen molar-refractivity contribution in [3.63, 3.8) is 0 Å². The molecule has 0 unspecified atom stereocenters. The second-order valence-corrected chi connectivity index (χ2v) is 3.41. The highest BCUT2D eigenvalue weighted by Crippen LogP contribution is 2.27. The van der Waals surface area contributed by atoms with Crippen molar-refractivity contribution in [2.75, 3.05) is 38.2 Å². The van der Waals surface area contributed by atoms with Crippen molar-refractivity contribution in [2.45, 2.75) is 13.8 Å². The Balaban J connectivity index is 0.000000606. The third-order valence-corrected chi connectivity index (χ3v) is 2.54. The number of hydrogen-bond acceptors (Lipinski definition) is 3. The molecule has 1 saturated heterocycles. The zero-order valence-corrected chi connectivity index (χ0v) is 10.5. The van der Waals surface area contributed by atoms with Gasteiger partial charge in [-0.3, -0.25) is 0 Å². The van der Waals surface area contributed by atoms with Crippen molar-refractivity contribution in [3.8, 4) is 5.75 Å². The highest BCUT2D eigenvalue weighted by molar-refractivity contribution is 5.58. The Kier molecular flexibility index (Phi) is 5.72. The molecule has 0 spiro atoms. The monoisotopic (exact) mass is 222 g/mol. The van der Waals surface area contributed by atoms with Gasteiger partial charge in [-0.05, 0) is 12.1 Å². The Bertz CT molecular complexity index is 296. The molecule has 1 N–H and O–H groups in total. The van der Waals surface area contributed by atoms with E-state index in [2.05, 4.69) is 22.3 Å². The van der Waals surface area contributed by atoms with Crippen molar-refractivity contribution in [1.82, 2.24) is 5.32 Å². The summed E-state index contributed by atoms with van der Waals surface area (Å²) < 4.78 is 5.34. The molecule has 0 radical (unpaired) electrons. The van der Waals surface area contributed by atoms with E-state index in [1.165, 1.54) is 5.69 Å². The van der Waals surface area contributed by atoms with Crippen LogP contribution in [0.5, 0.6) is 5.75 Å². The number of hydrogen-bond donors (Lipinski definition) is 1. The molecule has 0 aliphatic carbocycles. The van der Waals surface area contributed by atoms with Gasteiger partial charge in [-0.2, -0.15) is 0 Å². The van der Waals surface area contributed by atoms with Gasteiger partial charge in [0.1, 0.15) is 5.75 Å². The maximum atomic E-state index is 5.34. The first-order valence-electron chi connectivity index (χ1n) is 6.00. The molecule has 0 bridgehead atoms. The molecule has 1 aromatic rings. The highest BCUT2D eigenvalue weighted by atomic mass is 16.5. The van der Waals surface area contributed by atoms with Crippen LogP contribution in [0.2, 0.25) is 0 Å². The van der Waals surface area contributed by atoms with E-state index in [0.717, 1.165) is 31.9 Å². The summed E-state index contributed by atoms with van der Waals surface area (Å²) in [6.07, 6.45) is 0. The molecule has 0 aromatic heterocycles. The molecular formula is C13H22N2O. The molecule has 1 aliphatic rings. The van der Waals surface area contributed by atoms with Crippen molar-refractivity contribution in [3.05, 3.63) is 24.3 Å². The summed E-state index contributed by atoms with van der Waals surface area (Å²) in [6.45, 7) is 8.22. The minimum Gasteiger partial charge on any atom is -0.495 e. The average molecular weight is 222 g/mol. The molecule has 90 valence electrons. The van der Waals surface area contributed by atoms with Crippen LogP contribution in [-0.4, -0.2) is 33.3 Å². The molecule has 16 heavy (non-hydrogen) atoms. The number of para-hydroxylation sites is 2. The van der Waals surface area contributed by atoms with Gasteiger partial charge in [0.15, 0.2) is 0 Å². The fraction of sp³-hybridized carbons (Fsp3) is 0.538. The van der Waals surface area contributed by atoms with Crippen LogP contribution in [0.3, 0.4) is 0 Å². The van der Waals surface area contributed by atoms with E-state index >= 15 is 0 Å². The highest BCUT2D eigenvalue weighted by Gasteiger charge is 2.13. The van der Waals surface area contributed by atoms with Crippen LogP contribution in [-0.2, 0) is 0 Å². The predicted octanol–water partition coefficient (Wildman–Crippen LogP) is 2.13. The summed E-state index contributed by atoms with van der Waals surface area (Å²) in [4.78, 5) is 2.36. The van der Waals surface area contributed by atoms with Crippen LogP contribution in [0.15, 0.2) is 24.3 Å². The second-order valence-electron chi connectivity index (χ2n) is 3.41. The van der Waals surface area contributed by atoms with Gasteiger partial charge in [0.25, 0.3) is 0 Å². The molecule has 1 heterocycles. The van der Waals surface area contributed by atoms with Gasteiger partial charge < -0.3 is 15.0 Å². The number of benzene rings is 1. The lowest BCUT2D eigenvalue weighted by Crippen LogP contribution is -2.43. The van der Waals surface area contributed by atoms with Crippen molar-refractivity contribution >= 4 is 5.69 Å². The first-order chi connectivity index (χ1) is 7.92. The molecule has 1 aromatic carbocycles. The molecule has 1 aliphatic heterocycles. The summed E-state index contributed by atoms with van der Waals surface area (Å²) in [5.41, 5.74) is 1.21. The van der Waals surface area contributed by atoms with E-state index in [0.29, 0.717) is 0 Å². The standard InChI is InChI=1S/C11H16N2O.C2H6/c1-14-11-5-3-2-4-10(11)13-8-6-12-7-9-13;1-2/h2-5,12H,6-9H2,1H3;1-2H3. The maximum absolute atomic E-state index is 5.34. The summed E-state index contributed by atoms with van der Waals surface area (Å²) in [5, 5.41) is 3.34. The lowest BCUT2D eigenvalue weighted by molar-refractivity contribution is 0.413. The number of piperazine rings is 1. The van der Waals surface area contributed by atoms with Crippen LogP contribution in [0, 0.1) is 0 Å². The van der Waals surface area contributed by atoms with Crippen molar-refractivity contribution < 1.29 is 4.74 Å². The van der Waals surface area contributed by atoms with Gasteiger partial charge in [-0.1, -0.05) is 26.0 Å². The maximum Gasteiger partial charge on any atom is 0.142 e. The molecular weight excluding hydrogens is 200 g/mol. The summed E-state index contributed by atoms with van der Waals surface area (Å²) in [6, 6.07) is 8.19. The van der Waals surface area contributed by atoms with Gasteiger partial charge in [-0.15, -0.1) is 0 Å². The summed E-state index contributed by atoms with van der Waals surface area (Å²) >= 11 is 0. The lowest BCUT2D eigenvalue weighted by Gasteiger charge is -2.30. The Labute approximate surface area is 98.4 Å². The largest absolute Gasteiger partial charge is 0.495 e.